The Morgan fingerprint density at radius 3 is 2.75 bits per heavy atom. The summed E-state index contributed by atoms with van der Waals surface area (Å²) in [5.74, 6) is 0.536. The first-order valence-corrected chi connectivity index (χ1v) is 7.39. The highest BCUT2D eigenvalue weighted by Gasteiger charge is 2.14. The van der Waals surface area contributed by atoms with E-state index < -0.39 is 0 Å². The maximum absolute atomic E-state index is 9.54. The van der Waals surface area contributed by atoms with Gasteiger partial charge in [-0.2, -0.15) is 0 Å². The van der Waals surface area contributed by atoms with Crippen LogP contribution < -0.4 is 5.73 Å². The zero-order valence-corrected chi connectivity index (χ0v) is 13.3. The number of hydrogen-bond donors (Lipinski definition) is 2. The fourth-order valence-electron chi connectivity index (χ4n) is 2.18. The van der Waals surface area contributed by atoms with Gasteiger partial charge in [-0.3, -0.25) is 4.57 Å². The van der Waals surface area contributed by atoms with E-state index in [9.17, 15) is 5.11 Å². The lowest BCUT2D eigenvalue weighted by molar-refractivity contribution is 0.270. The van der Waals surface area contributed by atoms with Crippen LogP contribution in [0.25, 0.3) is 16.7 Å². The van der Waals surface area contributed by atoms with E-state index >= 15 is 0 Å². The summed E-state index contributed by atoms with van der Waals surface area (Å²) in [7, 11) is 0. The van der Waals surface area contributed by atoms with Gasteiger partial charge in [-0.25, -0.2) is 4.98 Å². The molecule has 0 bridgehead atoms. The van der Waals surface area contributed by atoms with Crippen molar-refractivity contribution in [2.45, 2.75) is 6.61 Å². The Morgan fingerprint density at radius 1 is 1.25 bits per heavy atom. The number of anilines is 1. The first-order chi connectivity index (χ1) is 9.60. The van der Waals surface area contributed by atoms with Crippen LogP contribution >= 0.6 is 34.2 Å². The molecule has 0 unspecified atom stereocenters. The number of aromatic nitrogens is 2. The van der Waals surface area contributed by atoms with Crippen LogP contribution in [0.5, 0.6) is 0 Å². The van der Waals surface area contributed by atoms with Crippen molar-refractivity contribution in [2.75, 3.05) is 5.73 Å². The Bertz CT molecular complexity index is 800. The smallest absolute Gasteiger partial charge is 0.140 e. The summed E-state index contributed by atoms with van der Waals surface area (Å²) >= 11 is 8.53. The van der Waals surface area contributed by atoms with Crippen molar-refractivity contribution in [3.63, 3.8) is 0 Å². The van der Waals surface area contributed by atoms with Crippen molar-refractivity contribution in [1.29, 1.82) is 0 Å². The van der Waals surface area contributed by atoms with Gasteiger partial charge < -0.3 is 10.8 Å². The second-order valence-electron chi connectivity index (χ2n) is 4.37. The van der Waals surface area contributed by atoms with Crippen molar-refractivity contribution in [3.05, 3.63) is 50.8 Å². The minimum atomic E-state index is -0.170. The van der Waals surface area contributed by atoms with E-state index in [1.807, 2.05) is 34.9 Å². The van der Waals surface area contributed by atoms with E-state index in [-0.39, 0.29) is 6.61 Å². The summed E-state index contributed by atoms with van der Waals surface area (Å²) in [6.07, 6.45) is 0. The molecule has 0 saturated carbocycles. The Morgan fingerprint density at radius 2 is 2.05 bits per heavy atom. The Hall–Kier alpha value is -1.31. The standard InChI is InChI=1S/C14H11ClIN3O/c15-10-5-8(16)1-3-12(10)19-13-4-2-9(17)6-11(13)18-14(19)7-20/h1-6,20H,7,17H2. The predicted molar refractivity (Wildman–Crippen MR) is 89.1 cm³/mol. The fourth-order valence-corrected chi connectivity index (χ4v) is 3.13. The molecule has 0 aliphatic heterocycles. The van der Waals surface area contributed by atoms with Crippen LogP contribution in [0.1, 0.15) is 5.82 Å². The molecule has 0 aliphatic rings. The van der Waals surface area contributed by atoms with Gasteiger partial charge in [-0.1, -0.05) is 11.6 Å². The predicted octanol–water partition coefficient (Wildman–Crippen LogP) is 3.36. The molecular formula is C14H11ClIN3O. The van der Waals surface area contributed by atoms with Crippen LogP contribution in [0.4, 0.5) is 5.69 Å². The molecule has 0 atom stereocenters. The number of halogens is 2. The maximum Gasteiger partial charge on any atom is 0.140 e. The number of nitrogens with two attached hydrogens (primary N) is 1. The third kappa shape index (κ3) is 2.25. The minimum Gasteiger partial charge on any atom is -0.399 e. The van der Waals surface area contributed by atoms with Crippen LogP contribution in [0, 0.1) is 3.57 Å². The molecule has 3 rings (SSSR count). The zero-order chi connectivity index (χ0) is 14.3. The fraction of sp³-hybridized carbons (Fsp3) is 0.0714. The summed E-state index contributed by atoms with van der Waals surface area (Å²) in [4.78, 5) is 4.40. The van der Waals surface area contributed by atoms with Crippen LogP contribution in [-0.2, 0) is 6.61 Å². The highest BCUT2D eigenvalue weighted by Crippen LogP contribution is 2.29. The quantitative estimate of drug-likeness (QED) is 0.513. The van der Waals surface area contributed by atoms with Crippen molar-refractivity contribution >= 4 is 50.9 Å². The summed E-state index contributed by atoms with van der Waals surface area (Å²) in [5.41, 5.74) is 8.81. The largest absolute Gasteiger partial charge is 0.399 e. The normalized spacial score (nSPS) is 11.2. The Kier molecular flexibility index (Phi) is 3.57. The number of rotatable bonds is 2. The summed E-state index contributed by atoms with van der Waals surface area (Å²) in [5, 5.41) is 10.2. The summed E-state index contributed by atoms with van der Waals surface area (Å²) in [6.45, 7) is -0.170. The molecule has 0 aliphatic carbocycles. The van der Waals surface area contributed by atoms with E-state index in [2.05, 4.69) is 27.6 Å². The first-order valence-electron chi connectivity index (χ1n) is 5.93. The average molecular weight is 400 g/mol. The Balaban J connectivity index is 2.34. The molecule has 0 saturated heterocycles. The molecule has 2 aromatic carbocycles. The molecule has 102 valence electrons. The summed E-state index contributed by atoms with van der Waals surface area (Å²) in [6, 6.07) is 11.2. The molecule has 6 heteroatoms. The average Bonchev–Trinajstić information content (AvgIpc) is 2.76. The second kappa shape index (κ2) is 5.23. The van der Waals surface area contributed by atoms with Gasteiger partial charge >= 0.3 is 0 Å². The number of imidazole rings is 1. The van der Waals surface area contributed by atoms with E-state index in [4.69, 9.17) is 17.3 Å². The van der Waals surface area contributed by atoms with Crippen molar-refractivity contribution < 1.29 is 5.11 Å². The lowest BCUT2D eigenvalue weighted by atomic mass is 10.2. The van der Waals surface area contributed by atoms with Crippen molar-refractivity contribution in [2.24, 2.45) is 0 Å². The van der Waals surface area contributed by atoms with Gasteiger partial charge in [-0.05, 0) is 59.0 Å². The number of hydrogen-bond acceptors (Lipinski definition) is 3. The number of fused-ring (bicyclic) bond motifs is 1. The molecule has 0 spiro atoms. The van der Waals surface area contributed by atoms with E-state index in [1.54, 1.807) is 6.07 Å². The van der Waals surface area contributed by atoms with E-state index in [1.165, 1.54) is 0 Å². The number of nitrogen functional groups attached to an aromatic ring is 1. The molecule has 1 heterocycles. The first kappa shape index (κ1) is 13.7. The molecule has 20 heavy (non-hydrogen) atoms. The Labute approximate surface area is 134 Å². The summed E-state index contributed by atoms with van der Waals surface area (Å²) < 4.78 is 2.91. The lowest BCUT2D eigenvalue weighted by Crippen LogP contribution is -2.02. The molecule has 0 amide bonds. The van der Waals surface area contributed by atoms with E-state index in [0.717, 1.165) is 20.3 Å². The number of aliphatic hydroxyl groups is 1. The van der Waals surface area contributed by atoms with Crippen LogP contribution in [0.3, 0.4) is 0 Å². The van der Waals surface area contributed by atoms with Crippen molar-refractivity contribution in [3.8, 4) is 5.69 Å². The number of benzene rings is 2. The van der Waals surface area contributed by atoms with Gasteiger partial charge in [0.2, 0.25) is 0 Å². The van der Waals surface area contributed by atoms with Crippen LogP contribution in [-0.4, -0.2) is 14.7 Å². The van der Waals surface area contributed by atoms with Crippen LogP contribution in [0.15, 0.2) is 36.4 Å². The van der Waals surface area contributed by atoms with Crippen molar-refractivity contribution in [1.82, 2.24) is 9.55 Å². The minimum absolute atomic E-state index is 0.170. The SMILES string of the molecule is Nc1ccc2c(c1)nc(CO)n2-c1ccc(I)cc1Cl. The van der Waals surface area contributed by atoms with Gasteiger partial charge in [0.05, 0.1) is 21.7 Å². The zero-order valence-electron chi connectivity index (χ0n) is 10.3. The highest BCUT2D eigenvalue weighted by molar-refractivity contribution is 14.1. The third-order valence-corrected chi connectivity index (χ3v) is 4.01. The molecule has 0 fully saturated rings. The third-order valence-electron chi connectivity index (χ3n) is 3.04. The van der Waals surface area contributed by atoms with Gasteiger partial charge in [0.25, 0.3) is 0 Å². The van der Waals surface area contributed by atoms with Gasteiger partial charge in [0.1, 0.15) is 12.4 Å². The second-order valence-corrected chi connectivity index (χ2v) is 6.02. The lowest BCUT2D eigenvalue weighted by Gasteiger charge is -2.10. The molecule has 3 N–H and O–H groups in total. The van der Waals surface area contributed by atoms with Gasteiger partial charge in [-0.15, -0.1) is 0 Å². The molecule has 1 aromatic heterocycles. The molecular weight excluding hydrogens is 389 g/mol. The number of aliphatic hydroxyl groups excluding tert-OH is 1. The van der Waals surface area contributed by atoms with Gasteiger partial charge in [0.15, 0.2) is 0 Å². The van der Waals surface area contributed by atoms with Crippen LogP contribution in [0.2, 0.25) is 5.02 Å². The molecule has 4 nitrogen and oxygen atoms in total. The molecule has 0 radical (unpaired) electrons. The highest BCUT2D eigenvalue weighted by atomic mass is 127. The molecule has 3 aromatic rings. The monoisotopic (exact) mass is 399 g/mol. The topological polar surface area (TPSA) is 64.1 Å². The number of nitrogens with zero attached hydrogens (tertiary/aromatic N) is 2. The van der Waals surface area contributed by atoms with E-state index in [0.29, 0.717) is 16.5 Å². The van der Waals surface area contributed by atoms with Gasteiger partial charge in [0, 0.05) is 9.26 Å². The maximum atomic E-state index is 9.54.